The average Bonchev–Trinajstić information content (AvgIpc) is 3.67. The van der Waals surface area contributed by atoms with Gasteiger partial charge >= 0.3 is 0 Å². The molecular weight excluding hydrogens is 608 g/mol. The van der Waals surface area contributed by atoms with Crippen LogP contribution in [0.1, 0.15) is 10.4 Å². The number of carbonyl (C=O) groups is 1. The summed E-state index contributed by atoms with van der Waals surface area (Å²) in [6.07, 6.45) is 6.20. The molecule has 0 fully saturated rings. The number of hydrogen-bond donors (Lipinski definition) is 2. The number of nitrogens with zero attached hydrogens (tertiary/aromatic N) is 5. The van der Waals surface area contributed by atoms with Gasteiger partial charge in [-0.05, 0) is 66.2 Å². The molecule has 0 bridgehead atoms. The first-order valence-corrected chi connectivity index (χ1v) is 14.1. The molecule has 4 heterocycles. The largest absolute Gasteiger partial charge is 0.438 e. The Labute approximate surface area is 264 Å². The zero-order chi connectivity index (χ0) is 32.7. The molecule has 47 heavy (non-hydrogen) atoms. The molecule has 0 saturated heterocycles. The van der Waals surface area contributed by atoms with Gasteiger partial charge < -0.3 is 20.2 Å². The number of halogens is 2. The maximum atomic E-state index is 13.8. The SMILES string of the molecule is Cn1cc(-c2oc3ncnc(Oc4ccc(NC(=O)c5cccn(-c6ccc(F)c(F)c6)c5=O)cc4)c3c2-c2cccc(N)c2)cn1. The number of amides is 1. The first-order valence-electron chi connectivity index (χ1n) is 14.1. The Morgan fingerprint density at radius 2 is 1.79 bits per heavy atom. The van der Waals surface area contributed by atoms with Gasteiger partial charge in [0.25, 0.3) is 11.5 Å². The summed E-state index contributed by atoms with van der Waals surface area (Å²) in [5.41, 5.74) is 8.70. The minimum atomic E-state index is -1.11. The lowest BCUT2D eigenvalue weighted by Gasteiger charge is -2.10. The quantitative estimate of drug-likeness (QED) is 0.194. The Morgan fingerprint density at radius 1 is 0.957 bits per heavy atom. The van der Waals surface area contributed by atoms with Crippen molar-refractivity contribution in [3.8, 4) is 39.8 Å². The van der Waals surface area contributed by atoms with E-state index in [9.17, 15) is 18.4 Å². The molecule has 3 N–H and O–H groups in total. The van der Waals surface area contributed by atoms with Crippen LogP contribution in [0.4, 0.5) is 20.2 Å². The second-order valence-electron chi connectivity index (χ2n) is 10.5. The summed E-state index contributed by atoms with van der Waals surface area (Å²) < 4.78 is 42.3. The molecule has 0 unspecified atom stereocenters. The third-order valence-corrected chi connectivity index (χ3v) is 7.30. The highest BCUT2D eigenvalue weighted by Gasteiger charge is 2.24. The topological polar surface area (TPSA) is 143 Å². The highest BCUT2D eigenvalue weighted by Crippen LogP contribution is 2.44. The second kappa shape index (κ2) is 11.7. The minimum Gasteiger partial charge on any atom is -0.438 e. The van der Waals surface area contributed by atoms with Crippen LogP contribution >= 0.6 is 0 Å². The number of carbonyl (C=O) groups excluding carboxylic acids is 1. The minimum absolute atomic E-state index is 0.0768. The van der Waals surface area contributed by atoms with Crippen LogP contribution in [0.2, 0.25) is 0 Å². The number of hydrogen-bond acceptors (Lipinski definition) is 8. The second-order valence-corrected chi connectivity index (χ2v) is 10.5. The molecular formula is C34H23F2N7O4. The van der Waals surface area contributed by atoms with Crippen molar-refractivity contribution in [1.29, 1.82) is 0 Å². The van der Waals surface area contributed by atoms with Crippen molar-refractivity contribution < 1.29 is 22.7 Å². The van der Waals surface area contributed by atoms with E-state index in [0.717, 1.165) is 27.8 Å². The van der Waals surface area contributed by atoms with E-state index in [4.69, 9.17) is 14.9 Å². The van der Waals surface area contributed by atoms with Gasteiger partial charge in [-0.15, -0.1) is 0 Å². The zero-order valence-electron chi connectivity index (χ0n) is 24.5. The van der Waals surface area contributed by atoms with Crippen LogP contribution in [0.25, 0.3) is 39.2 Å². The molecule has 1 amide bonds. The Balaban J connectivity index is 1.17. The number of benzene rings is 3. The van der Waals surface area contributed by atoms with Gasteiger partial charge in [0.1, 0.15) is 28.8 Å². The van der Waals surface area contributed by atoms with Crippen molar-refractivity contribution >= 4 is 28.4 Å². The summed E-state index contributed by atoms with van der Waals surface area (Å²) in [5.74, 6) is -1.71. The van der Waals surface area contributed by atoms with E-state index in [0.29, 0.717) is 39.5 Å². The van der Waals surface area contributed by atoms with Gasteiger partial charge in [0.2, 0.25) is 11.6 Å². The third kappa shape index (κ3) is 5.57. The maximum absolute atomic E-state index is 13.8. The number of nitrogens with one attached hydrogen (secondary N) is 1. The smallest absolute Gasteiger partial charge is 0.267 e. The number of nitrogens with two attached hydrogens (primary N) is 1. The summed E-state index contributed by atoms with van der Waals surface area (Å²) in [4.78, 5) is 34.8. The maximum Gasteiger partial charge on any atom is 0.267 e. The van der Waals surface area contributed by atoms with E-state index in [1.807, 2.05) is 24.4 Å². The molecule has 0 radical (unpaired) electrons. The van der Waals surface area contributed by atoms with E-state index in [1.54, 1.807) is 48.3 Å². The molecule has 4 aromatic heterocycles. The molecule has 0 aliphatic carbocycles. The van der Waals surface area contributed by atoms with Crippen molar-refractivity contribution in [2.24, 2.45) is 7.05 Å². The Kier molecular flexibility index (Phi) is 7.25. The molecule has 7 rings (SSSR count). The first kappa shape index (κ1) is 29.1. The monoisotopic (exact) mass is 631 g/mol. The summed E-state index contributed by atoms with van der Waals surface area (Å²) in [5, 5.41) is 7.47. The van der Waals surface area contributed by atoms with Crippen molar-refractivity contribution in [3.05, 3.63) is 131 Å². The van der Waals surface area contributed by atoms with Gasteiger partial charge in [-0.3, -0.25) is 18.8 Å². The van der Waals surface area contributed by atoms with Gasteiger partial charge in [-0.1, -0.05) is 12.1 Å². The molecule has 13 heteroatoms. The number of furan rings is 1. The lowest BCUT2D eigenvalue weighted by atomic mass is 10.0. The van der Waals surface area contributed by atoms with E-state index >= 15 is 0 Å². The van der Waals surface area contributed by atoms with Crippen LogP contribution < -0.4 is 21.3 Å². The number of fused-ring (bicyclic) bond motifs is 1. The van der Waals surface area contributed by atoms with Gasteiger partial charge in [-0.2, -0.15) is 5.10 Å². The molecule has 0 atom stereocenters. The summed E-state index contributed by atoms with van der Waals surface area (Å²) >= 11 is 0. The van der Waals surface area contributed by atoms with Crippen LogP contribution in [0.3, 0.4) is 0 Å². The van der Waals surface area contributed by atoms with Crippen molar-refractivity contribution in [3.63, 3.8) is 0 Å². The molecule has 0 spiro atoms. The molecule has 0 aliphatic heterocycles. The normalized spacial score (nSPS) is 11.1. The molecule has 232 valence electrons. The average molecular weight is 632 g/mol. The number of pyridine rings is 1. The number of aryl methyl sites for hydroxylation is 1. The van der Waals surface area contributed by atoms with Crippen LogP contribution in [-0.2, 0) is 7.05 Å². The zero-order valence-corrected chi connectivity index (χ0v) is 24.5. The fourth-order valence-corrected chi connectivity index (χ4v) is 5.12. The molecule has 3 aromatic carbocycles. The van der Waals surface area contributed by atoms with Crippen molar-refractivity contribution in [2.75, 3.05) is 11.1 Å². The highest BCUT2D eigenvalue weighted by atomic mass is 19.2. The van der Waals surface area contributed by atoms with Gasteiger partial charge in [0.05, 0.1) is 17.4 Å². The summed E-state index contributed by atoms with van der Waals surface area (Å²) in [7, 11) is 1.80. The lowest BCUT2D eigenvalue weighted by Crippen LogP contribution is -2.27. The van der Waals surface area contributed by atoms with E-state index < -0.39 is 23.1 Å². The molecule has 7 aromatic rings. The third-order valence-electron chi connectivity index (χ3n) is 7.30. The number of anilines is 2. The fraction of sp³-hybridized carbons (Fsp3) is 0.0294. The Morgan fingerprint density at radius 3 is 2.53 bits per heavy atom. The standard InChI is InChI=1S/C34H23F2N7O4/c1-42-17-20(16-40-42)30-28(19-4-2-5-21(37)14-19)29-32(38-18-39-33(29)47-30)46-24-10-7-22(8-11-24)41-31(44)25-6-3-13-43(34(25)45)23-9-12-26(35)27(36)15-23/h2-18H,37H2,1H3,(H,41,44). The van der Waals surface area contributed by atoms with Crippen molar-refractivity contribution in [1.82, 2.24) is 24.3 Å². The number of aromatic nitrogens is 5. The predicted octanol–water partition coefficient (Wildman–Crippen LogP) is 6.35. The summed E-state index contributed by atoms with van der Waals surface area (Å²) in [6, 6.07) is 19.6. The van der Waals surface area contributed by atoms with Gasteiger partial charge in [-0.25, -0.2) is 18.7 Å². The molecule has 0 aliphatic rings. The van der Waals surface area contributed by atoms with Gasteiger partial charge in [0, 0.05) is 42.4 Å². The number of nitrogen functional groups attached to an aromatic ring is 1. The summed E-state index contributed by atoms with van der Waals surface area (Å²) in [6.45, 7) is 0. The van der Waals surface area contributed by atoms with Crippen LogP contribution in [0.15, 0.2) is 113 Å². The fourth-order valence-electron chi connectivity index (χ4n) is 5.12. The van der Waals surface area contributed by atoms with Crippen LogP contribution in [0.5, 0.6) is 11.6 Å². The van der Waals surface area contributed by atoms with Gasteiger partial charge in [0.15, 0.2) is 11.6 Å². The number of rotatable bonds is 7. The number of ether oxygens (including phenoxy) is 1. The predicted molar refractivity (Wildman–Crippen MR) is 170 cm³/mol. The molecule has 0 saturated carbocycles. The van der Waals surface area contributed by atoms with E-state index in [2.05, 4.69) is 20.4 Å². The Hall–Kier alpha value is -6.63. The van der Waals surface area contributed by atoms with Crippen molar-refractivity contribution in [2.45, 2.75) is 0 Å². The van der Waals surface area contributed by atoms with E-state index in [-0.39, 0.29) is 17.1 Å². The lowest BCUT2D eigenvalue weighted by molar-refractivity contribution is 0.102. The van der Waals surface area contributed by atoms with Crippen LogP contribution in [0, 0.1) is 11.6 Å². The highest BCUT2D eigenvalue weighted by molar-refractivity contribution is 6.04. The Bertz CT molecular complexity index is 2360. The van der Waals surface area contributed by atoms with E-state index in [1.165, 1.54) is 30.7 Å². The first-order chi connectivity index (χ1) is 22.7. The molecule has 11 nitrogen and oxygen atoms in total. The van der Waals surface area contributed by atoms with Crippen LogP contribution in [-0.4, -0.2) is 30.2 Å².